The van der Waals surface area contributed by atoms with E-state index < -0.39 is 76.0 Å². The topological polar surface area (TPSA) is 192 Å². The lowest BCUT2D eigenvalue weighted by molar-refractivity contribution is -0.144. The van der Waals surface area contributed by atoms with Crippen LogP contribution in [0.15, 0.2) is 60.7 Å². The van der Waals surface area contributed by atoms with Gasteiger partial charge in [-0.15, -0.1) is 0 Å². The van der Waals surface area contributed by atoms with Crippen LogP contribution in [0, 0.1) is 23.7 Å². The number of carboxylic acids is 1. The number of nitrogens with zero attached hydrogens (tertiary/aromatic N) is 3. The number of ether oxygens (including phenoxy) is 2. The molecule has 1 aliphatic heterocycles. The second kappa shape index (κ2) is 26.9. The Bertz CT molecular complexity index is 1950. The molecule has 2 aromatic carbocycles. The van der Waals surface area contributed by atoms with Gasteiger partial charge in [-0.1, -0.05) is 116 Å². The van der Waals surface area contributed by atoms with Crippen molar-refractivity contribution in [2.24, 2.45) is 23.7 Å². The molecule has 15 nitrogen and oxygen atoms in total. The zero-order valence-corrected chi connectivity index (χ0v) is 42.1. The Kier molecular flexibility index (Phi) is 22.9. The fourth-order valence-electron chi connectivity index (χ4n) is 9.81. The lowest BCUT2D eigenvalue weighted by Crippen LogP contribution is -2.60. The van der Waals surface area contributed by atoms with E-state index >= 15 is 0 Å². The lowest BCUT2D eigenvalue weighted by atomic mass is 9.87. The van der Waals surface area contributed by atoms with Crippen molar-refractivity contribution < 1.29 is 47.0 Å². The van der Waals surface area contributed by atoms with Gasteiger partial charge in [0.15, 0.2) is 9.84 Å². The van der Waals surface area contributed by atoms with Gasteiger partial charge < -0.3 is 24.8 Å². The maximum Gasteiger partial charge on any atom is 0.303 e. The van der Waals surface area contributed by atoms with Crippen LogP contribution in [0.4, 0.5) is 0 Å². The molecule has 370 valence electrons. The molecule has 1 heterocycles. The number of methoxy groups -OCH3 is 2. The molecule has 1 saturated heterocycles. The maximum absolute atomic E-state index is 14.5. The first-order valence-electron chi connectivity index (χ1n) is 23.6. The summed E-state index contributed by atoms with van der Waals surface area (Å²) in [5.41, 5.74) is 1.56. The highest BCUT2D eigenvalue weighted by Gasteiger charge is 2.44. The highest BCUT2D eigenvalue weighted by Crippen LogP contribution is 2.31. The Morgan fingerprint density at radius 3 is 1.94 bits per heavy atom. The van der Waals surface area contributed by atoms with E-state index in [2.05, 4.69) is 17.6 Å². The van der Waals surface area contributed by atoms with Gasteiger partial charge in [0.2, 0.25) is 23.6 Å². The van der Waals surface area contributed by atoms with Crippen molar-refractivity contribution in [3.63, 3.8) is 0 Å². The fourth-order valence-corrected chi connectivity index (χ4v) is 11.4. The summed E-state index contributed by atoms with van der Waals surface area (Å²) in [6.07, 6.45) is 1.30. The smallest absolute Gasteiger partial charge is 0.303 e. The van der Waals surface area contributed by atoms with Crippen molar-refractivity contribution in [2.45, 2.75) is 142 Å². The van der Waals surface area contributed by atoms with Crippen LogP contribution in [0.2, 0.25) is 0 Å². The lowest BCUT2D eigenvalue weighted by Gasteiger charge is -2.43. The summed E-state index contributed by atoms with van der Waals surface area (Å²) in [5, 5.41) is 14.8. The summed E-state index contributed by atoms with van der Waals surface area (Å²) >= 11 is 0. The van der Waals surface area contributed by atoms with Crippen LogP contribution in [0.25, 0.3) is 0 Å². The Labute approximate surface area is 394 Å². The van der Waals surface area contributed by atoms with Crippen molar-refractivity contribution in [1.82, 2.24) is 25.3 Å². The van der Waals surface area contributed by atoms with Crippen LogP contribution < -0.4 is 10.6 Å². The van der Waals surface area contributed by atoms with E-state index in [1.807, 2.05) is 83.0 Å². The molecule has 9 atom stereocenters. The van der Waals surface area contributed by atoms with Crippen molar-refractivity contribution in [1.29, 1.82) is 0 Å². The van der Waals surface area contributed by atoms with Gasteiger partial charge in [0, 0.05) is 39.3 Å². The average Bonchev–Trinajstić information content (AvgIpc) is 3.73. The predicted octanol–water partition coefficient (Wildman–Crippen LogP) is 5.21. The third-order valence-electron chi connectivity index (χ3n) is 13.2. The van der Waals surface area contributed by atoms with E-state index in [0.29, 0.717) is 50.8 Å². The van der Waals surface area contributed by atoms with Crippen molar-refractivity contribution >= 4 is 39.4 Å². The molecule has 1 aliphatic rings. The van der Waals surface area contributed by atoms with Gasteiger partial charge in [0.1, 0.15) is 0 Å². The number of imide groups is 1. The molecular formula is C50H79N5O10S. The number of hydrogen-bond donors (Lipinski definition) is 3. The molecule has 16 heteroatoms. The number of sulfone groups is 1. The van der Waals surface area contributed by atoms with E-state index in [0.717, 1.165) is 5.56 Å². The van der Waals surface area contributed by atoms with Gasteiger partial charge >= 0.3 is 5.97 Å². The Balaban J connectivity index is 1.81. The first kappa shape index (κ1) is 56.1. The van der Waals surface area contributed by atoms with Gasteiger partial charge in [-0.25, -0.2) is 8.42 Å². The standard InChI is InChI=1S/C50H79N5O10S/c1-12-35(6)46(54(9)45(34(4)5)50(61)52-49(60)44(33(2)3)53(8)27-20-26-43(57)58)41(64-10)30-42(56)55-28-19-25-40(55)47(65-11)36(7)48(59)51-39(29-37-21-15-13-16-22-37)32-66(62,63)31-38-23-17-14-18-24-38/h13-18,21-24,33-36,39-41,44-47H,12,19-20,25-32H2,1-11H3,(H,51,59)(H,57,58)(H,52,60,61)/t35-,36+,39-,40-,41+,44-,45-,46-,47+/m0/s1. The largest absolute Gasteiger partial charge is 0.481 e. The number of rotatable bonds is 28. The van der Waals surface area contributed by atoms with Crippen LogP contribution >= 0.6 is 0 Å². The average molecular weight is 942 g/mol. The van der Waals surface area contributed by atoms with Crippen LogP contribution in [-0.2, 0) is 55.5 Å². The highest BCUT2D eigenvalue weighted by molar-refractivity contribution is 7.90. The molecule has 0 bridgehead atoms. The summed E-state index contributed by atoms with van der Waals surface area (Å²) < 4.78 is 39.2. The minimum Gasteiger partial charge on any atom is -0.481 e. The van der Waals surface area contributed by atoms with Gasteiger partial charge in [-0.2, -0.15) is 0 Å². The van der Waals surface area contributed by atoms with Gasteiger partial charge in [0.05, 0.1) is 54.2 Å². The molecule has 0 aromatic heterocycles. The Morgan fingerprint density at radius 1 is 0.833 bits per heavy atom. The number of hydrogen-bond acceptors (Lipinski definition) is 11. The molecule has 0 spiro atoms. The van der Waals surface area contributed by atoms with E-state index in [4.69, 9.17) is 14.6 Å². The number of aliphatic carboxylic acids is 1. The zero-order chi connectivity index (χ0) is 49.3. The normalized spacial score (nSPS) is 18.1. The third-order valence-corrected chi connectivity index (χ3v) is 14.8. The number of amides is 4. The predicted molar refractivity (Wildman–Crippen MR) is 257 cm³/mol. The number of likely N-dealkylation sites (N-methyl/N-ethyl adjacent to an activating group) is 2. The molecule has 66 heavy (non-hydrogen) atoms. The summed E-state index contributed by atoms with van der Waals surface area (Å²) in [6.45, 7) is 14.3. The molecular weight excluding hydrogens is 863 g/mol. The molecule has 0 saturated carbocycles. The molecule has 0 radical (unpaired) electrons. The number of carbonyl (C=O) groups excluding carboxylic acids is 4. The van der Waals surface area contributed by atoms with E-state index in [9.17, 15) is 32.4 Å². The third kappa shape index (κ3) is 16.5. The highest BCUT2D eigenvalue weighted by atomic mass is 32.2. The van der Waals surface area contributed by atoms with E-state index in [-0.39, 0.29) is 53.9 Å². The van der Waals surface area contributed by atoms with Crippen molar-refractivity contribution in [3.8, 4) is 0 Å². The fraction of sp³-hybridized carbons (Fsp3) is 0.660. The number of benzene rings is 2. The van der Waals surface area contributed by atoms with Crippen LogP contribution in [0.5, 0.6) is 0 Å². The Hall–Kier alpha value is -4.22. The first-order chi connectivity index (χ1) is 31.2. The van der Waals surface area contributed by atoms with Crippen molar-refractivity contribution in [3.05, 3.63) is 71.8 Å². The van der Waals surface area contributed by atoms with Crippen molar-refractivity contribution in [2.75, 3.05) is 47.2 Å². The van der Waals surface area contributed by atoms with Crippen LogP contribution in [0.1, 0.15) is 98.1 Å². The number of carboxylic acid groups (broad SMARTS) is 1. The quantitative estimate of drug-likeness (QED) is 0.101. The molecule has 0 aliphatic carbocycles. The van der Waals surface area contributed by atoms with Gasteiger partial charge in [0.25, 0.3) is 0 Å². The molecule has 4 amide bonds. The SMILES string of the molecule is CC[C@H](C)[C@@H]([C@@H](CC(=O)N1CCC[C@H]1[C@H](OC)[C@@H](C)C(=O)N[C@@H](Cc1ccccc1)CS(=O)(=O)Cc1ccccc1)OC)N(C)[C@H](C(=O)NC(=O)[C@H](C(C)C)N(C)CCCC(=O)O)C(C)C. The summed E-state index contributed by atoms with van der Waals surface area (Å²) in [5.74, 6) is -3.96. The second-order valence-electron chi connectivity index (χ2n) is 19.0. The number of nitrogens with one attached hydrogen (secondary N) is 2. The molecule has 0 unspecified atom stereocenters. The molecule has 2 aromatic rings. The summed E-state index contributed by atoms with van der Waals surface area (Å²) in [6, 6.07) is 15.4. The maximum atomic E-state index is 14.5. The first-order valence-corrected chi connectivity index (χ1v) is 25.4. The van der Waals surface area contributed by atoms with Crippen LogP contribution in [-0.4, -0.2) is 147 Å². The van der Waals surface area contributed by atoms with Gasteiger partial charge in [-0.3, -0.25) is 39.1 Å². The van der Waals surface area contributed by atoms with Crippen LogP contribution in [0.3, 0.4) is 0 Å². The molecule has 1 fully saturated rings. The monoisotopic (exact) mass is 942 g/mol. The summed E-state index contributed by atoms with van der Waals surface area (Å²) in [4.78, 5) is 73.1. The van der Waals surface area contributed by atoms with Gasteiger partial charge in [-0.05, 0) is 75.2 Å². The molecule has 3 rings (SSSR count). The second-order valence-corrected chi connectivity index (χ2v) is 21.1. The number of carbonyl (C=O) groups is 5. The van der Waals surface area contributed by atoms with E-state index in [1.54, 1.807) is 55.1 Å². The number of likely N-dealkylation sites (tertiary alicyclic amines) is 1. The minimum atomic E-state index is -3.63. The molecule has 3 N–H and O–H groups in total. The summed E-state index contributed by atoms with van der Waals surface area (Å²) in [7, 11) is 3.04. The van der Waals surface area contributed by atoms with E-state index in [1.165, 1.54) is 7.11 Å². The Morgan fingerprint density at radius 2 is 1.41 bits per heavy atom. The minimum absolute atomic E-state index is 0.0102. The zero-order valence-electron chi connectivity index (χ0n) is 41.3.